The van der Waals surface area contributed by atoms with Gasteiger partial charge in [-0.2, -0.15) is 0 Å². The lowest BCUT2D eigenvalue weighted by Crippen LogP contribution is -2.26. The zero-order chi connectivity index (χ0) is 14.5. The van der Waals surface area contributed by atoms with Crippen LogP contribution in [0.1, 0.15) is 47.5 Å². The summed E-state index contributed by atoms with van der Waals surface area (Å²) in [5.41, 5.74) is 0. The van der Waals surface area contributed by atoms with Crippen molar-refractivity contribution >= 4 is 0 Å². The van der Waals surface area contributed by atoms with E-state index in [1.807, 2.05) is 20.8 Å². The van der Waals surface area contributed by atoms with Gasteiger partial charge in [0, 0.05) is 13.2 Å². The molecule has 0 N–H and O–H groups in total. The van der Waals surface area contributed by atoms with E-state index in [4.69, 9.17) is 18.9 Å². The molecule has 0 aromatic rings. The second-order valence-electron chi connectivity index (χ2n) is 5.04. The molecule has 0 aliphatic carbocycles. The highest BCUT2D eigenvalue weighted by Crippen LogP contribution is 2.01. The van der Waals surface area contributed by atoms with Crippen molar-refractivity contribution in [1.82, 2.24) is 0 Å². The van der Waals surface area contributed by atoms with Crippen LogP contribution in [0.25, 0.3) is 0 Å². The van der Waals surface area contributed by atoms with Gasteiger partial charge in [0.15, 0.2) is 0 Å². The van der Waals surface area contributed by atoms with Crippen LogP contribution in [-0.2, 0) is 18.9 Å². The summed E-state index contributed by atoms with van der Waals surface area (Å²) in [6.45, 7) is 13.7. The third-order valence-corrected chi connectivity index (χ3v) is 2.54. The Hall–Kier alpha value is -0.160. The van der Waals surface area contributed by atoms with Crippen LogP contribution in [0, 0.1) is 0 Å². The first kappa shape index (κ1) is 18.8. The molecule has 0 bridgehead atoms. The van der Waals surface area contributed by atoms with Gasteiger partial charge in [0.05, 0.1) is 38.1 Å². The van der Waals surface area contributed by atoms with E-state index in [9.17, 15) is 0 Å². The maximum atomic E-state index is 5.69. The SMILES string of the molecule is CCCOCC(C)OCC(C)OCC(C)OCCC. The van der Waals surface area contributed by atoms with E-state index in [1.165, 1.54) is 0 Å². The number of hydrogen-bond acceptors (Lipinski definition) is 4. The Kier molecular flexibility index (Phi) is 12.7. The molecule has 19 heavy (non-hydrogen) atoms. The lowest BCUT2D eigenvalue weighted by molar-refractivity contribution is -0.0797. The fourth-order valence-corrected chi connectivity index (χ4v) is 1.46. The molecule has 0 aromatic heterocycles. The van der Waals surface area contributed by atoms with Gasteiger partial charge in [0.1, 0.15) is 0 Å². The van der Waals surface area contributed by atoms with Crippen LogP contribution < -0.4 is 0 Å². The van der Waals surface area contributed by atoms with Gasteiger partial charge >= 0.3 is 0 Å². The van der Waals surface area contributed by atoms with Crippen molar-refractivity contribution in [3.8, 4) is 0 Å². The molecule has 0 radical (unpaired) electrons. The summed E-state index contributed by atoms with van der Waals surface area (Å²) in [5, 5.41) is 0. The molecule has 116 valence electrons. The number of rotatable bonds is 13. The van der Waals surface area contributed by atoms with E-state index < -0.39 is 0 Å². The van der Waals surface area contributed by atoms with E-state index in [0.29, 0.717) is 19.8 Å². The van der Waals surface area contributed by atoms with Gasteiger partial charge in [-0.3, -0.25) is 0 Å². The van der Waals surface area contributed by atoms with Gasteiger partial charge in [-0.25, -0.2) is 0 Å². The minimum Gasteiger partial charge on any atom is -0.379 e. The van der Waals surface area contributed by atoms with E-state index in [-0.39, 0.29) is 18.3 Å². The van der Waals surface area contributed by atoms with Gasteiger partial charge in [-0.15, -0.1) is 0 Å². The molecule has 0 aromatic carbocycles. The molecule has 0 saturated heterocycles. The van der Waals surface area contributed by atoms with E-state index in [2.05, 4.69) is 13.8 Å². The van der Waals surface area contributed by atoms with Gasteiger partial charge in [0.25, 0.3) is 0 Å². The van der Waals surface area contributed by atoms with Gasteiger partial charge in [0.2, 0.25) is 0 Å². The summed E-state index contributed by atoms with van der Waals surface area (Å²) in [5.74, 6) is 0. The molecule has 0 aliphatic rings. The molecule has 4 heteroatoms. The molecule has 0 aliphatic heterocycles. The topological polar surface area (TPSA) is 36.9 Å². The fourth-order valence-electron chi connectivity index (χ4n) is 1.46. The van der Waals surface area contributed by atoms with Gasteiger partial charge < -0.3 is 18.9 Å². The predicted molar refractivity (Wildman–Crippen MR) is 77.6 cm³/mol. The lowest BCUT2D eigenvalue weighted by atomic mass is 10.4. The Morgan fingerprint density at radius 3 is 1.63 bits per heavy atom. The van der Waals surface area contributed by atoms with E-state index in [0.717, 1.165) is 26.1 Å². The van der Waals surface area contributed by atoms with E-state index >= 15 is 0 Å². The summed E-state index contributed by atoms with van der Waals surface area (Å²) in [6, 6.07) is 0. The molecule has 0 heterocycles. The molecule has 0 amide bonds. The van der Waals surface area contributed by atoms with Crippen LogP contribution in [0.4, 0.5) is 0 Å². The molecule has 0 saturated carbocycles. The quantitative estimate of drug-likeness (QED) is 0.485. The molecular formula is C15H32O4. The molecule has 4 nitrogen and oxygen atoms in total. The Morgan fingerprint density at radius 1 is 0.632 bits per heavy atom. The summed E-state index contributed by atoms with van der Waals surface area (Å²) >= 11 is 0. The zero-order valence-electron chi connectivity index (χ0n) is 13.3. The van der Waals surface area contributed by atoms with Gasteiger partial charge in [-0.05, 0) is 33.6 Å². The fraction of sp³-hybridized carbons (Fsp3) is 1.00. The maximum Gasteiger partial charge on any atom is 0.0781 e. The average molecular weight is 276 g/mol. The summed E-state index contributed by atoms with van der Waals surface area (Å²) in [6.07, 6.45) is 2.43. The summed E-state index contributed by atoms with van der Waals surface area (Å²) in [4.78, 5) is 0. The molecule has 3 atom stereocenters. The largest absolute Gasteiger partial charge is 0.379 e. The van der Waals surface area contributed by atoms with Crippen LogP contribution in [0.5, 0.6) is 0 Å². The highest BCUT2D eigenvalue weighted by molar-refractivity contribution is 4.55. The Balaban J connectivity index is 3.49. The Bertz CT molecular complexity index is 187. The van der Waals surface area contributed by atoms with Crippen molar-refractivity contribution in [3.05, 3.63) is 0 Å². The monoisotopic (exact) mass is 276 g/mol. The highest BCUT2D eigenvalue weighted by atomic mass is 16.6. The minimum absolute atomic E-state index is 0.0845. The van der Waals surface area contributed by atoms with Crippen molar-refractivity contribution in [1.29, 1.82) is 0 Å². The normalized spacial score (nSPS) is 16.3. The third-order valence-electron chi connectivity index (χ3n) is 2.54. The lowest BCUT2D eigenvalue weighted by Gasteiger charge is -2.20. The number of hydrogen-bond donors (Lipinski definition) is 0. The van der Waals surface area contributed by atoms with Gasteiger partial charge in [-0.1, -0.05) is 13.8 Å². The van der Waals surface area contributed by atoms with Crippen LogP contribution in [0.2, 0.25) is 0 Å². The van der Waals surface area contributed by atoms with Crippen molar-refractivity contribution in [2.75, 3.05) is 33.0 Å². The standard InChI is InChI=1S/C15H32O4/c1-6-8-16-10-13(3)18-12-15(5)19-11-14(4)17-9-7-2/h13-15H,6-12H2,1-5H3. The first-order valence-electron chi connectivity index (χ1n) is 7.52. The first-order valence-corrected chi connectivity index (χ1v) is 7.52. The van der Waals surface area contributed by atoms with Crippen LogP contribution in [0.15, 0.2) is 0 Å². The summed E-state index contributed by atoms with van der Waals surface area (Å²) in [7, 11) is 0. The predicted octanol–water partition coefficient (Wildman–Crippen LogP) is 3.04. The zero-order valence-corrected chi connectivity index (χ0v) is 13.3. The smallest absolute Gasteiger partial charge is 0.0781 e. The van der Waals surface area contributed by atoms with Crippen molar-refractivity contribution in [2.24, 2.45) is 0 Å². The average Bonchev–Trinajstić information content (AvgIpc) is 2.40. The molecule has 0 fully saturated rings. The number of ether oxygens (including phenoxy) is 4. The second kappa shape index (κ2) is 12.9. The minimum atomic E-state index is 0.0845. The van der Waals surface area contributed by atoms with E-state index in [1.54, 1.807) is 0 Å². The van der Waals surface area contributed by atoms with Crippen molar-refractivity contribution in [2.45, 2.75) is 65.8 Å². The maximum absolute atomic E-state index is 5.69. The molecule has 0 spiro atoms. The van der Waals surface area contributed by atoms with Crippen molar-refractivity contribution in [3.63, 3.8) is 0 Å². The Morgan fingerprint density at radius 2 is 1.11 bits per heavy atom. The second-order valence-corrected chi connectivity index (χ2v) is 5.04. The van der Waals surface area contributed by atoms with Crippen LogP contribution in [0.3, 0.4) is 0 Å². The van der Waals surface area contributed by atoms with Crippen LogP contribution in [-0.4, -0.2) is 51.3 Å². The summed E-state index contributed by atoms with van der Waals surface area (Å²) < 4.78 is 22.3. The van der Waals surface area contributed by atoms with Crippen LogP contribution >= 0.6 is 0 Å². The molecule has 0 rings (SSSR count). The van der Waals surface area contributed by atoms with Crippen molar-refractivity contribution < 1.29 is 18.9 Å². The molecular weight excluding hydrogens is 244 g/mol. The highest BCUT2D eigenvalue weighted by Gasteiger charge is 2.09. The first-order chi connectivity index (χ1) is 9.10. The Labute approximate surface area is 118 Å². The third kappa shape index (κ3) is 12.6. The molecule has 3 unspecified atom stereocenters.